The molecule has 0 aromatic heterocycles. The molecule has 0 radical (unpaired) electrons. The highest BCUT2D eigenvalue weighted by Crippen LogP contribution is 2.41. The first-order chi connectivity index (χ1) is 15.5. The van der Waals surface area contributed by atoms with E-state index in [-0.39, 0.29) is 17.4 Å². The van der Waals surface area contributed by atoms with Gasteiger partial charge in [-0.3, -0.25) is 9.59 Å². The van der Waals surface area contributed by atoms with Crippen LogP contribution >= 0.6 is 0 Å². The van der Waals surface area contributed by atoms with Gasteiger partial charge in [0.1, 0.15) is 19.0 Å². The van der Waals surface area contributed by atoms with Crippen molar-refractivity contribution in [2.24, 2.45) is 0 Å². The third-order valence-electron chi connectivity index (χ3n) is 6.17. The van der Waals surface area contributed by atoms with Gasteiger partial charge in [0.05, 0.1) is 17.7 Å². The van der Waals surface area contributed by atoms with Crippen LogP contribution in [0.15, 0.2) is 48.0 Å². The highest BCUT2D eigenvalue weighted by Gasteiger charge is 2.47. The number of Topliss-reactive ketones (excluding diaryl/α,β-unsaturated/α-hetero) is 1. The molecule has 32 heavy (non-hydrogen) atoms. The number of fused-ring (bicyclic) bond motifs is 1. The van der Waals surface area contributed by atoms with Gasteiger partial charge in [-0.2, -0.15) is 0 Å². The summed E-state index contributed by atoms with van der Waals surface area (Å²) in [4.78, 5) is 27.7. The molecule has 1 amide bonds. The first kappa shape index (κ1) is 20.6. The fraction of sp³-hybridized carbons (Fsp3) is 0.360. The highest BCUT2D eigenvalue weighted by molar-refractivity contribution is 6.46. The van der Waals surface area contributed by atoms with E-state index in [2.05, 4.69) is 0 Å². The number of ketones is 1. The van der Waals surface area contributed by atoms with Crippen molar-refractivity contribution in [1.82, 2.24) is 4.90 Å². The molecule has 5 rings (SSSR count). The first-order valence-electron chi connectivity index (χ1n) is 10.9. The van der Waals surface area contributed by atoms with Crippen molar-refractivity contribution in [1.29, 1.82) is 0 Å². The number of benzene rings is 2. The van der Waals surface area contributed by atoms with E-state index in [1.54, 1.807) is 18.2 Å². The van der Waals surface area contributed by atoms with E-state index in [1.807, 2.05) is 31.2 Å². The third kappa shape index (κ3) is 3.62. The second-order valence-electron chi connectivity index (χ2n) is 8.36. The fourth-order valence-corrected chi connectivity index (χ4v) is 4.52. The van der Waals surface area contributed by atoms with Gasteiger partial charge < -0.3 is 24.2 Å². The van der Waals surface area contributed by atoms with Crippen LogP contribution in [0, 0.1) is 6.92 Å². The van der Waals surface area contributed by atoms with Crippen LogP contribution in [0.4, 0.5) is 0 Å². The number of carbonyl (C=O) groups is 2. The van der Waals surface area contributed by atoms with E-state index in [4.69, 9.17) is 14.2 Å². The van der Waals surface area contributed by atoms with Crippen molar-refractivity contribution in [3.63, 3.8) is 0 Å². The Morgan fingerprint density at radius 1 is 1.03 bits per heavy atom. The molecule has 2 aromatic rings. The van der Waals surface area contributed by atoms with E-state index in [0.717, 1.165) is 24.0 Å². The van der Waals surface area contributed by atoms with Gasteiger partial charge in [-0.1, -0.05) is 29.8 Å². The SMILES string of the molecule is Cc1ccc([C@@H]2C(=C(O)c3ccc4c(c3)OCCO4)C(=O)C(=O)N2C[C@@H]2CCCO2)cc1. The molecule has 7 heteroatoms. The van der Waals surface area contributed by atoms with Gasteiger partial charge in [0.25, 0.3) is 11.7 Å². The summed E-state index contributed by atoms with van der Waals surface area (Å²) in [7, 11) is 0. The Labute approximate surface area is 186 Å². The Morgan fingerprint density at radius 3 is 2.50 bits per heavy atom. The molecule has 3 aliphatic heterocycles. The van der Waals surface area contributed by atoms with Crippen LogP contribution in [0.2, 0.25) is 0 Å². The first-order valence-corrected chi connectivity index (χ1v) is 10.9. The smallest absolute Gasteiger partial charge is 0.295 e. The number of amides is 1. The summed E-state index contributed by atoms with van der Waals surface area (Å²) < 4.78 is 16.9. The second-order valence-corrected chi connectivity index (χ2v) is 8.36. The molecular formula is C25H25NO6. The van der Waals surface area contributed by atoms with Crippen molar-refractivity contribution < 1.29 is 28.9 Å². The summed E-state index contributed by atoms with van der Waals surface area (Å²) in [5, 5.41) is 11.2. The quantitative estimate of drug-likeness (QED) is 0.450. The number of hydrogen-bond donors (Lipinski definition) is 1. The molecule has 2 saturated heterocycles. The molecule has 166 valence electrons. The van der Waals surface area contributed by atoms with Crippen molar-refractivity contribution in [3.05, 3.63) is 64.7 Å². The minimum atomic E-state index is -0.694. The molecular weight excluding hydrogens is 410 g/mol. The number of nitrogens with zero attached hydrogens (tertiary/aromatic N) is 1. The van der Waals surface area contributed by atoms with Crippen LogP contribution in [0.5, 0.6) is 11.5 Å². The molecule has 2 fully saturated rings. The average molecular weight is 435 g/mol. The monoisotopic (exact) mass is 435 g/mol. The molecule has 0 unspecified atom stereocenters. The summed E-state index contributed by atoms with van der Waals surface area (Å²) in [5.41, 5.74) is 2.32. The zero-order valence-corrected chi connectivity index (χ0v) is 17.9. The van der Waals surface area contributed by atoms with E-state index >= 15 is 0 Å². The van der Waals surface area contributed by atoms with Crippen LogP contribution < -0.4 is 9.47 Å². The number of carbonyl (C=O) groups excluding carboxylic acids is 2. The Bertz CT molecular complexity index is 1080. The van der Waals surface area contributed by atoms with Crippen molar-refractivity contribution in [2.45, 2.75) is 31.9 Å². The van der Waals surface area contributed by atoms with Crippen LogP contribution in [0.1, 0.15) is 35.6 Å². The Balaban J connectivity index is 1.60. The minimum absolute atomic E-state index is 0.0773. The molecule has 0 saturated carbocycles. The van der Waals surface area contributed by atoms with Gasteiger partial charge in [-0.25, -0.2) is 0 Å². The van der Waals surface area contributed by atoms with Gasteiger partial charge in [0.15, 0.2) is 11.5 Å². The van der Waals surface area contributed by atoms with Gasteiger partial charge in [0, 0.05) is 18.7 Å². The van der Waals surface area contributed by atoms with Crippen LogP contribution in [-0.2, 0) is 14.3 Å². The van der Waals surface area contributed by atoms with Gasteiger partial charge in [0.2, 0.25) is 0 Å². The largest absolute Gasteiger partial charge is 0.507 e. The summed E-state index contributed by atoms with van der Waals surface area (Å²) in [6.45, 7) is 3.80. The standard InChI is InChI=1S/C25H25NO6/c1-15-4-6-16(7-5-15)22-21(24(28)25(29)26(22)14-18-3-2-10-30-18)23(27)17-8-9-19-20(13-17)32-12-11-31-19/h4-9,13,18,22,27H,2-3,10-12,14H2,1H3/t18-,22+/m0/s1. The van der Waals surface area contributed by atoms with E-state index < -0.39 is 17.7 Å². The maximum atomic E-state index is 13.1. The van der Waals surface area contributed by atoms with Gasteiger partial charge in [-0.05, 0) is 43.5 Å². The predicted molar refractivity (Wildman–Crippen MR) is 117 cm³/mol. The van der Waals surface area contributed by atoms with E-state index in [1.165, 1.54) is 4.90 Å². The maximum Gasteiger partial charge on any atom is 0.295 e. The topological polar surface area (TPSA) is 85.3 Å². The zero-order chi connectivity index (χ0) is 22.2. The number of aryl methyl sites for hydroxylation is 1. The normalized spacial score (nSPS) is 24.2. The Morgan fingerprint density at radius 2 is 1.78 bits per heavy atom. The van der Waals surface area contributed by atoms with E-state index in [9.17, 15) is 14.7 Å². The summed E-state index contributed by atoms with van der Waals surface area (Å²) in [6, 6.07) is 12.0. The van der Waals surface area contributed by atoms with Crippen molar-refractivity contribution in [2.75, 3.05) is 26.4 Å². The van der Waals surface area contributed by atoms with Gasteiger partial charge >= 0.3 is 0 Å². The number of aliphatic hydroxyl groups is 1. The summed E-state index contributed by atoms with van der Waals surface area (Å²) in [5.74, 6) is -0.450. The predicted octanol–water partition coefficient (Wildman–Crippen LogP) is 3.37. The fourth-order valence-electron chi connectivity index (χ4n) is 4.52. The summed E-state index contributed by atoms with van der Waals surface area (Å²) in [6.07, 6.45) is 1.66. The highest BCUT2D eigenvalue weighted by atomic mass is 16.6. The molecule has 7 nitrogen and oxygen atoms in total. The molecule has 3 heterocycles. The van der Waals surface area contributed by atoms with Gasteiger partial charge in [-0.15, -0.1) is 0 Å². The van der Waals surface area contributed by atoms with Crippen LogP contribution in [0.25, 0.3) is 5.76 Å². The van der Waals surface area contributed by atoms with Crippen LogP contribution in [0.3, 0.4) is 0 Å². The van der Waals surface area contributed by atoms with Crippen molar-refractivity contribution >= 4 is 17.4 Å². The lowest BCUT2D eigenvalue weighted by Gasteiger charge is -2.27. The zero-order valence-electron chi connectivity index (χ0n) is 17.9. The van der Waals surface area contributed by atoms with E-state index in [0.29, 0.717) is 43.4 Å². The molecule has 3 aliphatic rings. The lowest BCUT2D eigenvalue weighted by molar-refractivity contribution is -0.140. The number of likely N-dealkylation sites (tertiary alicyclic amines) is 1. The number of rotatable bonds is 4. The Hall–Kier alpha value is -3.32. The molecule has 0 spiro atoms. The molecule has 2 atom stereocenters. The minimum Gasteiger partial charge on any atom is -0.507 e. The number of aliphatic hydroxyl groups excluding tert-OH is 1. The molecule has 0 aliphatic carbocycles. The molecule has 0 bridgehead atoms. The summed E-state index contributed by atoms with van der Waals surface area (Å²) >= 11 is 0. The number of hydrogen-bond acceptors (Lipinski definition) is 6. The lowest BCUT2D eigenvalue weighted by Crippen LogP contribution is -2.36. The van der Waals surface area contributed by atoms with Crippen molar-refractivity contribution in [3.8, 4) is 11.5 Å². The average Bonchev–Trinajstić information content (AvgIpc) is 3.41. The molecule has 1 N–H and O–H groups in total. The third-order valence-corrected chi connectivity index (χ3v) is 6.17. The maximum absolute atomic E-state index is 13.1. The van der Waals surface area contributed by atoms with Crippen LogP contribution in [-0.4, -0.2) is 54.2 Å². The lowest BCUT2D eigenvalue weighted by atomic mass is 9.94. The molecule has 2 aromatic carbocycles. The number of ether oxygens (including phenoxy) is 3. The second kappa shape index (κ2) is 8.31. The Kier molecular flexibility index (Phi) is 5.35.